The molecule has 3 aromatic heterocycles. The summed E-state index contributed by atoms with van der Waals surface area (Å²) in [6.07, 6.45) is 6.64. The van der Waals surface area contributed by atoms with Gasteiger partial charge < -0.3 is 24.9 Å². The molecule has 0 bridgehead atoms. The Morgan fingerprint density at radius 3 is 2.69 bits per heavy atom. The Morgan fingerprint density at radius 1 is 1.00 bits per heavy atom. The average Bonchev–Trinajstić information content (AvgIpc) is 3.42. The molecular formula is C27H23N5O3. The van der Waals surface area contributed by atoms with Gasteiger partial charge in [0.2, 0.25) is 0 Å². The number of pyridine rings is 1. The summed E-state index contributed by atoms with van der Waals surface area (Å²) in [5.74, 6) is 1.83. The van der Waals surface area contributed by atoms with Crippen molar-refractivity contribution in [2.45, 2.75) is 25.6 Å². The molecule has 6 rings (SSSR count). The molecule has 0 radical (unpaired) electrons. The van der Waals surface area contributed by atoms with Crippen LogP contribution in [0, 0.1) is 0 Å². The van der Waals surface area contributed by atoms with Crippen molar-refractivity contribution < 1.29 is 14.6 Å². The van der Waals surface area contributed by atoms with E-state index in [0.29, 0.717) is 23.9 Å². The number of rotatable bonds is 6. The number of phenolic OH excluding ortho intramolecular Hbond substituents is 1. The van der Waals surface area contributed by atoms with E-state index < -0.39 is 0 Å². The van der Waals surface area contributed by atoms with Crippen molar-refractivity contribution in [2.24, 2.45) is 0 Å². The van der Waals surface area contributed by atoms with Crippen molar-refractivity contribution in [1.82, 2.24) is 19.5 Å². The minimum Gasteiger partial charge on any atom is -0.508 e. The molecule has 174 valence electrons. The van der Waals surface area contributed by atoms with E-state index in [1.54, 1.807) is 30.5 Å². The molecule has 8 nitrogen and oxygen atoms in total. The van der Waals surface area contributed by atoms with E-state index in [1.807, 2.05) is 42.6 Å². The zero-order valence-corrected chi connectivity index (χ0v) is 18.8. The highest BCUT2D eigenvalue weighted by Crippen LogP contribution is 2.38. The first kappa shape index (κ1) is 21.1. The molecule has 0 amide bonds. The molecule has 0 spiro atoms. The van der Waals surface area contributed by atoms with Crippen LogP contribution < -0.4 is 10.5 Å². The Balaban J connectivity index is 1.31. The average molecular weight is 466 g/mol. The van der Waals surface area contributed by atoms with Crippen LogP contribution >= 0.6 is 0 Å². The molecule has 35 heavy (non-hydrogen) atoms. The zero-order valence-electron chi connectivity index (χ0n) is 18.8. The fourth-order valence-electron chi connectivity index (χ4n) is 4.63. The summed E-state index contributed by atoms with van der Waals surface area (Å²) in [7, 11) is 0. The van der Waals surface area contributed by atoms with Crippen LogP contribution in [0.5, 0.6) is 17.2 Å². The topological polar surface area (TPSA) is 108 Å². The van der Waals surface area contributed by atoms with E-state index in [1.165, 1.54) is 6.33 Å². The highest BCUT2D eigenvalue weighted by Gasteiger charge is 2.31. The minimum absolute atomic E-state index is 0.0420. The zero-order chi connectivity index (χ0) is 23.8. The minimum atomic E-state index is 0.0420. The maximum atomic E-state index is 9.68. The number of anilines is 1. The van der Waals surface area contributed by atoms with Crippen molar-refractivity contribution in [3.05, 3.63) is 96.2 Å². The normalized spacial score (nSPS) is 14.8. The second-order valence-electron chi connectivity index (χ2n) is 8.51. The van der Waals surface area contributed by atoms with Gasteiger partial charge in [0.05, 0.1) is 18.2 Å². The van der Waals surface area contributed by atoms with Crippen LogP contribution in [0.4, 0.5) is 5.82 Å². The Bertz CT molecular complexity index is 1500. The maximum Gasteiger partial charge on any atom is 0.151 e. The maximum absolute atomic E-state index is 9.68. The fourth-order valence-corrected chi connectivity index (χ4v) is 4.63. The number of ether oxygens (including phenoxy) is 2. The number of aromatic nitrogens is 4. The second-order valence-corrected chi connectivity index (χ2v) is 8.51. The van der Waals surface area contributed by atoms with E-state index in [9.17, 15) is 5.11 Å². The Labute approximate surface area is 201 Å². The highest BCUT2D eigenvalue weighted by molar-refractivity contribution is 5.91. The molecule has 0 saturated heterocycles. The first-order valence-electron chi connectivity index (χ1n) is 11.4. The molecule has 0 saturated carbocycles. The number of aromatic hydroxyl groups is 1. The summed E-state index contributed by atoms with van der Waals surface area (Å²) >= 11 is 0. The van der Waals surface area contributed by atoms with Crippen LogP contribution in [0.2, 0.25) is 0 Å². The molecule has 3 N–H and O–H groups in total. The van der Waals surface area contributed by atoms with Gasteiger partial charge in [-0.3, -0.25) is 4.98 Å². The van der Waals surface area contributed by atoms with Crippen molar-refractivity contribution >= 4 is 16.9 Å². The number of phenols is 1. The Hall–Kier alpha value is -4.43. The van der Waals surface area contributed by atoms with Gasteiger partial charge in [0.1, 0.15) is 29.1 Å². The van der Waals surface area contributed by atoms with Gasteiger partial charge in [-0.05, 0) is 48.0 Å². The summed E-state index contributed by atoms with van der Waals surface area (Å²) in [6, 6.07) is 18.4. The smallest absolute Gasteiger partial charge is 0.151 e. The molecular weight excluding hydrogens is 442 g/mol. The lowest BCUT2D eigenvalue weighted by Gasteiger charge is -2.15. The van der Waals surface area contributed by atoms with Gasteiger partial charge in [-0.15, -0.1) is 0 Å². The fraction of sp³-hybridized carbons (Fsp3) is 0.148. The van der Waals surface area contributed by atoms with Gasteiger partial charge in [0, 0.05) is 48.2 Å². The quantitative estimate of drug-likeness (QED) is 0.378. The predicted octanol–water partition coefficient (Wildman–Crippen LogP) is 4.58. The lowest BCUT2D eigenvalue weighted by molar-refractivity contribution is 0.0473. The van der Waals surface area contributed by atoms with Gasteiger partial charge in [-0.1, -0.05) is 12.1 Å². The standard InChI is InChI=1S/C27H23N5O3/c28-27-26-25(30-16-31-27)23-12-22(34-15-17-3-2-10-29-14-17)13-24(23)32(26)18-6-8-20(9-7-18)35-21-5-1-4-19(33)11-21/h1-11,14,16,22,33H,12-13,15H2,(H2,28,30,31). The third kappa shape index (κ3) is 4.04. The highest BCUT2D eigenvalue weighted by atomic mass is 16.5. The third-order valence-corrected chi connectivity index (χ3v) is 6.19. The molecule has 5 aromatic rings. The van der Waals surface area contributed by atoms with E-state index in [2.05, 4.69) is 19.5 Å². The Kier molecular flexibility index (Phi) is 5.27. The van der Waals surface area contributed by atoms with Gasteiger partial charge in [-0.2, -0.15) is 0 Å². The number of nitrogens with two attached hydrogens (primary N) is 1. The second kappa shape index (κ2) is 8.73. The van der Waals surface area contributed by atoms with Crippen molar-refractivity contribution in [3.8, 4) is 22.9 Å². The number of hydrogen-bond acceptors (Lipinski definition) is 7. The van der Waals surface area contributed by atoms with Crippen LogP contribution in [0.15, 0.2) is 79.4 Å². The van der Waals surface area contributed by atoms with Crippen molar-refractivity contribution in [1.29, 1.82) is 0 Å². The summed E-state index contributed by atoms with van der Waals surface area (Å²) in [4.78, 5) is 13.0. The largest absolute Gasteiger partial charge is 0.508 e. The van der Waals surface area contributed by atoms with E-state index >= 15 is 0 Å². The van der Waals surface area contributed by atoms with Gasteiger partial charge in [-0.25, -0.2) is 9.97 Å². The number of fused-ring (bicyclic) bond motifs is 3. The van der Waals surface area contributed by atoms with Crippen LogP contribution in [-0.2, 0) is 24.2 Å². The molecule has 1 atom stereocenters. The molecule has 2 aromatic carbocycles. The van der Waals surface area contributed by atoms with Gasteiger partial charge >= 0.3 is 0 Å². The molecule has 3 heterocycles. The molecule has 1 unspecified atom stereocenters. The molecule has 0 aliphatic heterocycles. The molecule has 0 fully saturated rings. The van der Waals surface area contributed by atoms with Crippen LogP contribution in [0.25, 0.3) is 16.7 Å². The molecule has 1 aliphatic carbocycles. The van der Waals surface area contributed by atoms with Crippen LogP contribution in [0.3, 0.4) is 0 Å². The lowest BCUT2D eigenvalue weighted by atomic mass is 10.2. The number of benzene rings is 2. The Morgan fingerprint density at radius 2 is 1.89 bits per heavy atom. The van der Waals surface area contributed by atoms with E-state index in [-0.39, 0.29) is 11.9 Å². The summed E-state index contributed by atoms with van der Waals surface area (Å²) < 4.78 is 14.2. The molecule has 1 aliphatic rings. The monoisotopic (exact) mass is 465 g/mol. The van der Waals surface area contributed by atoms with E-state index in [4.69, 9.17) is 15.2 Å². The van der Waals surface area contributed by atoms with Gasteiger partial charge in [0.25, 0.3) is 0 Å². The van der Waals surface area contributed by atoms with Gasteiger partial charge in [0.15, 0.2) is 5.82 Å². The number of nitrogens with zero attached hydrogens (tertiary/aromatic N) is 4. The predicted molar refractivity (Wildman–Crippen MR) is 132 cm³/mol. The van der Waals surface area contributed by atoms with Crippen LogP contribution in [0.1, 0.15) is 16.8 Å². The third-order valence-electron chi connectivity index (χ3n) is 6.19. The van der Waals surface area contributed by atoms with Crippen molar-refractivity contribution in [2.75, 3.05) is 5.73 Å². The number of nitrogen functional groups attached to an aromatic ring is 1. The lowest BCUT2D eigenvalue weighted by Crippen LogP contribution is -2.14. The summed E-state index contributed by atoms with van der Waals surface area (Å²) in [5, 5.41) is 9.68. The molecule has 8 heteroatoms. The SMILES string of the molecule is Nc1ncnc2c3c(n(-c4ccc(Oc5cccc(O)c5)cc4)c12)CC(OCc1cccnc1)C3. The van der Waals surface area contributed by atoms with E-state index in [0.717, 1.165) is 46.4 Å². The van der Waals surface area contributed by atoms with Crippen LogP contribution in [-0.4, -0.2) is 30.7 Å². The number of hydrogen-bond donors (Lipinski definition) is 2. The first-order chi connectivity index (χ1) is 17.2. The first-order valence-corrected chi connectivity index (χ1v) is 11.4. The summed E-state index contributed by atoms with van der Waals surface area (Å²) in [6.45, 7) is 0.513. The summed E-state index contributed by atoms with van der Waals surface area (Å²) in [5.41, 5.74) is 12.2. The van der Waals surface area contributed by atoms with Crippen molar-refractivity contribution in [3.63, 3.8) is 0 Å².